The summed E-state index contributed by atoms with van der Waals surface area (Å²) in [5.74, 6) is 0.626. The number of nitrogens with two attached hydrogens (primary N) is 1. The van der Waals surface area contributed by atoms with E-state index in [0.29, 0.717) is 5.92 Å². The number of hydrogen-bond acceptors (Lipinski definition) is 1. The second kappa shape index (κ2) is 6.94. The van der Waals surface area contributed by atoms with Crippen molar-refractivity contribution in [2.75, 3.05) is 0 Å². The second-order valence-electron chi connectivity index (χ2n) is 5.66. The van der Waals surface area contributed by atoms with E-state index in [1.54, 1.807) is 0 Å². The average molecular weight is 247 g/mol. The van der Waals surface area contributed by atoms with Crippen LogP contribution >= 0.6 is 0 Å². The normalized spacial score (nSPS) is 13.1. The highest BCUT2D eigenvalue weighted by atomic mass is 14.7. The maximum Gasteiger partial charge on any atom is 0.0326 e. The summed E-state index contributed by atoms with van der Waals surface area (Å²) < 4.78 is 0. The summed E-state index contributed by atoms with van der Waals surface area (Å²) in [5.41, 5.74) is 12.0. The molecule has 1 aromatic carbocycles. The van der Waals surface area contributed by atoms with E-state index < -0.39 is 0 Å². The Kier molecular flexibility index (Phi) is 5.87. The molecule has 18 heavy (non-hydrogen) atoms. The molecule has 1 heteroatoms. The lowest BCUT2D eigenvalue weighted by atomic mass is 9.84. The van der Waals surface area contributed by atoms with E-state index in [2.05, 4.69) is 46.8 Å². The van der Waals surface area contributed by atoms with Crippen LogP contribution in [0.1, 0.15) is 67.8 Å². The zero-order chi connectivity index (χ0) is 13.7. The van der Waals surface area contributed by atoms with E-state index in [1.165, 1.54) is 47.9 Å². The molecule has 102 valence electrons. The van der Waals surface area contributed by atoms with Crippen LogP contribution in [0, 0.1) is 26.7 Å². The van der Waals surface area contributed by atoms with Crippen LogP contribution < -0.4 is 5.73 Å². The predicted molar refractivity (Wildman–Crippen MR) is 80.9 cm³/mol. The maximum atomic E-state index is 6.53. The van der Waals surface area contributed by atoms with Crippen molar-refractivity contribution >= 4 is 0 Å². The van der Waals surface area contributed by atoms with Crippen LogP contribution in [0.25, 0.3) is 0 Å². The fourth-order valence-electron chi connectivity index (χ4n) is 2.84. The van der Waals surface area contributed by atoms with Crippen LogP contribution in [0.15, 0.2) is 12.1 Å². The van der Waals surface area contributed by atoms with Gasteiger partial charge in [0.25, 0.3) is 0 Å². The van der Waals surface area contributed by atoms with Gasteiger partial charge in [-0.15, -0.1) is 0 Å². The molecule has 1 nitrogen and oxygen atoms in total. The number of rotatable bonds is 6. The smallest absolute Gasteiger partial charge is 0.0326 e. The Bertz CT molecular complexity index is 375. The van der Waals surface area contributed by atoms with Gasteiger partial charge in [-0.05, 0) is 61.8 Å². The summed E-state index contributed by atoms with van der Waals surface area (Å²) in [6.45, 7) is 11.1. The van der Waals surface area contributed by atoms with Gasteiger partial charge < -0.3 is 5.73 Å². The topological polar surface area (TPSA) is 26.0 Å². The molecule has 0 aliphatic carbocycles. The Balaban J connectivity index is 3.00. The van der Waals surface area contributed by atoms with Crippen LogP contribution in [0.4, 0.5) is 0 Å². The molecule has 0 spiro atoms. The maximum absolute atomic E-state index is 6.53. The molecule has 1 rings (SSSR count). The SMILES string of the molecule is CCCC(CCC)C(N)c1cc(C)c(C)cc1C. The molecule has 0 fully saturated rings. The van der Waals surface area contributed by atoms with Crippen molar-refractivity contribution in [3.63, 3.8) is 0 Å². The highest BCUT2D eigenvalue weighted by molar-refractivity contribution is 5.38. The molecule has 0 amide bonds. The zero-order valence-corrected chi connectivity index (χ0v) is 12.7. The third kappa shape index (κ3) is 3.58. The van der Waals surface area contributed by atoms with Crippen LogP contribution in [0.2, 0.25) is 0 Å². The molecular weight excluding hydrogens is 218 g/mol. The molecule has 1 unspecified atom stereocenters. The molecule has 2 N–H and O–H groups in total. The van der Waals surface area contributed by atoms with Crippen LogP contribution in [0.3, 0.4) is 0 Å². The summed E-state index contributed by atoms with van der Waals surface area (Å²) in [5, 5.41) is 0. The van der Waals surface area contributed by atoms with Crippen molar-refractivity contribution in [3.05, 3.63) is 34.4 Å². The molecule has 0 aromatic heterocycles. The van der Waals surface area contributed by atoms with Gasteiger partial charge in [0.15, 0.2) is 0 Å². The van der Waals surface area contributed by atoms with Gasteiger partial charge >= 0.3 is 0 Å². The Morgan fingerprint density at radius 1 is 0.889 bits per heavy atom. The quantitative estimate of drug-likeness (QED) is 0.765. The van der Waals surface area contributed by atoms with Gasteiger partial charge in [0.1, 0.15) is 0 Å². The summed E-state index contributed by atoms with van der Waals surface area (Å²) in [7, 11) is 0. The molecule has 0 radical (unpaired) electrons. The van der Waals surface area contributed by atoms with E-state index in [4.69, 9.17) is 5.73 Å². The molecular formula is C17H29N. The average Bonchev–Trinajstić information content (AvgIpc) is 2.33. The van der Waals surface area contributed by atoms with E-state index in [-0.39, 0.29) is 6.04 Å². The first-order valence-electron chi connectivity index (χ1n) is 7.34. The van der Waals surface area contributed by atoms with Crippen molar-refractivity contribution in [2.24, 2.45) is 11.7 Å². The van der Waals surface area contributed by atoms with Gasteiger partial charge in [-0.1, -0.05) is 38.8 Å². The van der Waals surface area contributed by atoms with Gasteiger partial charge in [0.05, 0.1) is 0 Å². The minimum Gasteiger partial charge on any atom is -0.324 e. The van der Waals surface area contributed by atoms with Crippen molar-refractivity contribution in [1.29, 1.82) is 0 Å². The van der Waals surface area contributed by atoms with Gasteiger partial charge in [-0.25, -0.2) is 0 Å². The Labute approximate surface area is 113 Å². The fourth-order valence-corrected chi connectivity index (χ4v) is 2.84. The molecule has 0 saturated carbocycles. The first kappa shape index (κ1) is 15.2. The molecule has 0 saturated heterocycles. The minimum atomic E-state index is 0.198. The first-order valence-corrected chi connectivity index (χ1v) is 7.34. The van der Waals surface area contributed by atoms with Crippen molar-refractivity contribution in [3.8, 4) is 0 Å². The van der Waals surface area contributed by atoms with Gasteiger partial charge in [-0.3, -0.25) is 0 Å². The Morgan fingerprint density at radius 2 is 1.39 bits per heavy atom. The molecule has 0 heterocycles. The summed E-state index contributed by atoms with van der Waals surface area (Å²) in [4.78, 5) is 0. The highest BCUT2D eigenvalue weighted by Crippen LogP contribution is 2.30. The molecule has 0 bridgehead atoms. The second-order valence-corrected chi connectivity index (χ2v) is 5.66. The van der Waals surface area contributed by atoms with Crippen LogP contribution in [-0.2, 0) is 0 Å². The fraction of sp³-hybridized carbons (Fsp3) is 0.647. The van der Waals surface area contributed by atoms with Crippen molar-refractivity contribution in [1.82, 2.24) is 0 Å². The predicted octanol–water partition coefficient (Wildman–Crippen LogP) is 4.83. The van der Waals surface area contributed by atoms with Gasteiger partial charge in [0, 0.05) is 6.04 Å². The Morgan fingerprint density at radius 3 is 1.89 bits per heavy atom. The number of hydrogen-bond donors (Lipinski definition) is 1. The summed E-state index contributed by atoms with van der Waals surface area (Å²) in [6.07, 6.45) is 4.92. The van der Waals surface area contributed by atoms with Crippen LogP contribution in [-0.4, -0.2) is 0 Å². The van der Waals surface area contributed by atoms with E-state index >= 15 is 0 Å². The monoisotopic (exact) mass is 247 g/mol. The molecule has 0 aliphatic rings. The van der Waals surface area contributed by atoms with E-state index in [9.17, 15) is 0 Å². The number of aryl methyl sites for hydroxylation is 3. The lowest BCUT2D eigenvalue weighted by Gasteiger charge is -2.25. The molecule has 1 atom stereocenters. The third-order valence-corrected chi connectivity index (χ3v) is 4.07. The number of benzene rings is 1. The highest BCUT2D eigenvalue weighted by Gasteiger charge is 2.20. The lowest BCUT2D eigenvalue weighted by Crippen LogP contribution is -2.22. The standard InChI is InChI=1S/C17H29N/c1-6-8-15(9-7-2)17(18)16-11-13(4)12(3)10-14(16)5/h10-11,15,17H,6-9,18H2,1-5H3. The third-order valence-electron chi connectivity index (χ3n) is 4.07. The zero-order valence-electron chi connectivity index (χ0n) is 12.7. The van der Waals surface area contributed by atoms with Gasteiger partial charge in [0.2, 0.25) is 0 Å². The largest absolute Gasteiger partial charge is 0.324 e. The van der Waals surface area contributed by atoms with Crippen LogP contribution in [0.5, 0.6) is 0 Å². The Hall–Kier alpha value is -0.820. The summed E-state index contributed by atoms with van der Waals surface area (Å²) in [6, 6.07) is 4.77. The molecule has 0 aliphatic heterocycles. The van der Waals surface area contributed by atoms with E-state index in [1.807, 2.05) is 0 Å². The summed E-state index contributed by atoms with van der Waals surface area (Å²) >= 11 is 0. The minimum absolute atomic E-state index is 0.198. The van der Waals surface area contributed by atoms with E-state index in [0.717, 1.165) is 0 Å². The van der Waals surface area contributed by atoms with Crippen molar-refractivity contribution in [2.45, 2.75) is 66.3 Å². The first-order chi connectivity index (χ1) is 8.51. The molecule has 1 aromatic rings. The van der Waals surface area contributed by atoms with Gasteiger partial charge in [-0.2, -0.15) is 0 Å². The van der Waals surface area contributed by atoms with Crippen molar-refractivity contribution < 1.29 is 0 Å². The lowest BCUT2D eigenvalue weighted by molar-refractivity contribution is 0.367.